The first-order chi connectivity index (χ1) is 7.32. The van der Waals surface area contributed by atoms with Gasteiger partial charge in [0.1, 0.15) is 4.88 Å². The van der Waals surface area contributed by atoms with Crippen LogP contribution in [0.15, 0.2) is 11.4 Å². The normalized spacial score (nSPS) is 11.2. The molecule has 5 heteroatoms. The van der Waals surface area contributed by atoms with Crippen LogP contribution in [0.4, 0.5) is 0 Å². The summed E-state index contributed by atoms with van der Waals surface area (Å²) in [7, 11) is 0. The smallest absolute Gasteiger partial charge is 0.346 e. The summed E-state index contributed by atoms with van der Waals surface area (Å²) in [6, 6.07) is 1.72. The highest BCUT2D eigenvalue weighted by atomic mass is 32.1. The van der Waals surface area contributed by atoms with Crippen LogP contribution in [0, 0.1) is 5.41 Å². The molecule has 88 valence electrons. The lowest BCUT2D eigenvalue weighted by molar-refractivity contribution is -0.128. The van der Waals surface area contributed by atoms with Gasteiger partial charge in [-0.2, -0.15) is 0 Å². The van der Waals surface area contributed by atoms with Gasteiger partial charge in [0.15, 0.2) is 0 Å². The van der Waals surface area contributed by atoms with E-state index in [4.69, 9.17) is 5.11 Å². The molecule has 0 radical (unpaired) electrons. The second kappa shape index (κ2) is 4.65. The maximum atomic E-state index is 11.6. The van der Waals surface area contributed by atoms with Crippen LogP contribution in [0.25, 0.3) is 0 Å². The SMILES string of the molecule is CC(C)(C)C(=O)NCc1ccsc1C(=O)O. The zero-order chi connectivity index (χ0) is 12.3. The molecule has 0 atom stereocenters. The molecular formula is C11H15NO3S. The lowest BCUT2D eigenvalue weighted by Crippen LogP contribution is -2.34. The molecule has 4 nitrogen and oxygen atoms in total. The first-order valence-electron chi connectivity index (χ1n) is 4.90. The molecule has 1 rings (SSSR count). The number of aromatic carboxylic acids is 1. The van der Waals surface area contributed by atoms with Crippen molar-refractivity contribution in [2.75, 3.05) is 0 Å². The minimum absolute atomic E-state index is 0.0879. The second-order valence-corrected chi connectivity index (χ2v) is 5.43. The highest BCUT2D eigenvalue weighted by molar-refractivity contribution is 7.12. The Kier molecular flexibility index (Phi) is 3.70. The van der Waals surface area contributed by atoms with Crippen molar-refractivity contribution in [3.63, 3.8) is 0 Å². The van der Waals surface area contributed by atoms with E-state index in [1.807, 2.05) is 20.8 Å². The molecule has 0 saturated carbocycles. The number of carbonyl (C=O) groups excluding carboxylic acids is 1. The Balaban J connectivity index is 2.65. The molecule has 0 aliphatic rings. The Hall–Kier alpha value is -1.36. The third-order valence-corrected chi connectivity index (χ3v) is 3.01. The number of hydrogen-bond acceptors (Lipinski definition) is 3. The van der Waals surface area contributed by atoms with Gasteiger partial charge in [-0.25, -0.2) is 4.79 Å². The average Bonchev–Trinajstić information content (AvgIpc) is 2.60. The fourth-order valence-electron chi connectivity index (χ4n) is 1.10. The number of carboxylic acid groups (broad SMARTS) is 1. The molecule has 2 N–H and O–H groups in total. The molecule has 0 aromatic carbocycles. The van der Waals surface area contributed by atoms with Crippen molar-refractivity contribution >= 4 is 23.2 Å². The van der Waals surface area contributed by atoms with E-state index in [-0.39, 0.29) is 17.3 Å². The van der Waals surface area contributed by atoms with Crippen molar-refractivity contribution in [3.8, 4) is 0 Å². The molecule has 0 bridgehead atoms. The monoisotopic (exact) mass is 241 g/mol. The van der Waals surface area contributed by atoms with E-state index < -0.39 is 11.4 Å². The van der Waals surface area contributed by atoms with E-state index in [0.29, 0.717) is 5.56 Å². The molecule has 0 spiro atoms. The molecule has 0 saturated heterocycles. The van der Waals surface area contributed by atoms with Crippen molar-refractivity contribution in [3.05, 3.63) is 21.9 Å². The molecule has 1 amide bonds. The van der Waals surface area contributed by atoms with Gasteiger partial charge in [-0.3, -0.25) is 4.79 Å². The highest BCUT2D eigenvalue weighted by Crippen LogP contribution is 2.18. The Morgan fingerprint density at radius 1 is 1.44 bits per heavy atom. The minimum atomic E-state index is -0.949. The first kappa shape index (κ1) is 12.7. The summed E-state index contributed by atoms with van der Waals surface area (Å²) in [6.07, 6.45) is 0. The van der Waals surface area contributed by atoms with Gasteiger partial charge in [-0.1, -0.05) is 20.8 Å². The summed E-state index contributed by atoms with van der Waals surface area (Å²) in [5, 5.41) is 13.3. The van der Waals surface area contributed by atoms with Crippen LogP contribution < -0.4 is 5.32 Å². The Labute approximate surface area is 98.3 Å². The zero-order valence-corrected chi connectivity index (χ0v) is 10.4. The van der Waals surface area contributed by atoms with Gasteiger partial charge in [0.25, 0.3) is 0 Å². The molecular weight excluding hydrogens is 226 g/mol. The maximum absolute atomic E-state index is 11.6. The molecule has 1 heterocycles. The summed E-state index contributed by atoms with van der Waals surface area (Å²) < 4.78 is 0. The van der Waals surface area contributed by atoms with Crippen LogP contribution in [-0.2, 0) is 11.3 Å². The summed E-state index contributed by atoms with van der Waals surface area (Å²) >= 11 is 1.17. The number of carboxylic acids is 1. The zero-order valence-electron chi connectivity index (χ0n) is 9.53. The Morgan fingerprint density at radius 3 is 2.56 bits per heavy atom. The number of thiophene rings is 1. The largest absolute Gasteiger partial charge is 0.477 e. The molecule has 1 aromatic rings. The van der Waals surface area contributed by atoms with Crippen LogP contribution >= 0.6 is 11.3 Å². The molecule has 1 aromatic heterocycles. The molecule has 0 unspecified atom stereocenters. The summed E-state index contributed by atoms with van der Waals surface area (Å²) in [5.74, 6) is -1.04. The van der Waals surface area contributed by atoms with Crippen LogP contribution in [0.2, 0.25) is 0 Å². The fourth-order valence-corrected chi connectivity index (χ4v) is 1.86. The number of rotatable bonds is 3. The quantitative estimate of drug-likeness (QED) is 0.851. The van der Waals surface area contributed by atoms with Crippen molar-refractivity contribution in [2.45, 2.75) is 27.3 Å². The van der Waals surface area contributed by atoms with E-state index in [0.717, 1.165) is 0 Å². The van der Waals surface area contributed by atoms with Crippen LogP contribution in [0.1, 0.15) is 36.0 Å². The third-order valence-electron chi connectivity index (χ3n) is 2.06. The van der Waals surface area contributed by atoms with E-state index in [9.17, 15) is 9.59 Å². The van der Waals surface area contributed by atoms with E-state index in [2.05, 4.69) is 5.32 Å². The molecule has 0 fully saturated rings. The Morgan fingerprint density at radius 2 is 2.06 bits per heavy atom. The van der Waals surface area contributed by atoms with Gasteiger partial charge >= 0.3 is 5.97 Å². The fraction of sp³-hybridized carbons (Fsp3) is 0.455. The van der Waals surface area contributed by atoms with Gasteiger partial charge in [-0.15, -0.1) is 11.3 Å². The van der Waals surface area contributed by atoms with Crippen LogP contribution in [-0.4, -0.2) is 17.0 Å². The average molecular weight is 241 g/mol. The lowest BCUT2D eigenvalue weighted by Gasteiger charge is -2.17. The van der Waals surface area contributed by atoms with E-state index in [1.54, 1.807) is 11.4 Å². The lowest BCUT2D eigenvalue weighted by atomic mass is 9.95. The van der Waals surface area contributed by atoms with Crippen molar-refractivity contribution in [2.24, 2.45) is 5.41 Å². The third kappa shape index (κ3) is 3.06. The van der Waals surface area contributed by atoms with Crippen LogP contribution in [0.5, 0.6) is 0 Å². The number of amides is 1. The highest BCUT2D eigenvalue weighted by Gasteiger charge is 2.21. The summed E-state index contributed by atoms with van der Waals surface area (Å²) in [6.45, 7) is 5.71. The number of hydrogen-bond donors (Lipinski definition) is 2. The van der Waals surface area contributed by atoms with Gasteiger partial charge in [0.05, 0.1) is 0 Å². The van der Waals surface area contributed by atoms with Crippen molar-refractivity contribution in [1.29, 1.82) is 0 Å². The first-order valence-corrected chi connectivity index (χ1v) is 5.78. The predicted octanol–water partition coefficient (Wildman–Crippen LogP) is 2.11. The van der Waals surface area contributed by atoms with Crippen LogP contribution in [0.3, 0.4) is 0 Å². The minimum Gasteiger partial charge on any atom is -0.477 e. The molecule has 16 heavy (non-hydrogen) atoms. The maximum Gasteiger partial charge on any atom is 0.346 e. The number of carbonyl (C=O) groups is 2. The standard InChI is InChI=1S/C11H15NO3S/c1-11(2,3)10(15)12-6-7-4-5-16-8(7)9(13)14/h4-5H,6H2,1-3H3,(H,12,15)(H,13,14). The van der Waals surface area contributed by atoms with E-state index >= 15 is 0 Å². The summed E-state index contributed by atoms with van der Waals surface area (Å²) in [4.78, 5) is 22.7. The molecule has 0 aliphatic heterocycles. The van der Waals surface area contributed by atoms with Gasteiger partial charge in [0.2, 0.25) is 5.91 Å². The van der Waals surface area contributed by atoms with Crippen molar-refractivity contribution < 1.29 is 14.7 Å². The summed E-state index contributed by atoms with van der Waals surface area (Å²) in [5.41, 5.74) is 0.189. The Bertz CT molecular complexity index is 404. The second-order valence-electron chi connectivity index (χ2n) is 4.51. The predicted molar refractivity (Wildman–Crippen MR) is 62.6 cm³/mol. The van der Waals surface area contributed by atoms with Gasteiger partial charge < -0.3 is 10.4 Å². The van der Waals surface area contributed by atoms with E-state index in [1.165, 1.54) is 11.3 Å². The van der Waals surface area contributed by atoms with Crippen molar-refractivity contribution in [1.82, 2.24) is 5.32 Å². The van der Waals surface area contributed by atoms with Gasteiger partial charge in [0, 0.05) is 12.0 Å². The topological polar surface area (TPSA) is 66.4 Å². The molecule has 0 aliphatic carbocycles. The van der Waals surface area contributed by atoms with Gasteiger partial charge in [-0.05, 0) is 17.0 Å². The number of nitrogens with one attached hydrogen (secondary N) is 1.